The summed E-state index contributed by atoms with van der Waals surface area (Å²) in [5.41, 5.74) is 2.21. The zero-order valence-electron chi connectivity index (χ0n) is 9.18. The molecular weight excluding hydrogens is 192 g/mol. The van der Waals surface area contributed by atoms with E-state index in [0.29, 0.717) is 12.8 Å². The minimum absolute atomic E-state index is 0.202. The summed E-state index contributed by atoms with van der Waals surface area (Å²) in [5.74, 6) is 0. The maximum atomic E-state index is 9.26. The van der Waals surface area contributed by atoms with Gasteiger partial charge in [-0.3, -0.25) is 5.26 Å². The molecule has 0 radical (unpaired) electrons. The SMILES string of the molecule is CC(O)Cc1cccc(CC(C)OO)c1. The van der Waals surface area contributed by atoms with Crippen LogP contribution >= 0.6 is 0 Å². The van der Waals surface area contributed by atoms with Crippen molar-refractivity contribution in [2.24, 2.45) is 0 Å². The first-order valence-corrected chi connectivity index (χ1v) is 5.18. The number of rotatable bonds is 5. The molecule has 0 bridgehead atoms. The van der Waals surface area contributed by atoms with Crippen molar-refractivity contribution in [3.8, 4) is 0 Å². The van der Waals surface area contributed by atoms with Crippen molar-refractivity contribution in [1.29, 1.82) is 0 Å². The fourth-order valence-electron chi connectivity index (χ4n) is 1.59. The van der Waals surface area contributed by atoms with Crippen molar-refractivity contribution >= 4 is 0 Å². The average Bonchev–Trinajstić information content (AvgIpc) is 2.17. The van der Waals surface area contributed by atoms with E-state index >= 15 is 0 Å². The van der Waals surface area contributed by atoms with Crippen molar-refractivity contribution < 1.29 is 15.3 Å². The summed E-state index contributed by atoms with van der Waals surface area (Å²) in [6.45, 7) is 3.58. The number of benzene rings is 1. The number of aliphatic hydroxyl groups excluding tert-OH is 1. The molecule has 0 saturated heterocycles. The second-order valence-electron chi connectivity index (χ2n) is 3.99. The first kappa shape index (κ1) is 12.2. The third-order valence-electron chi connectivity index (χ3n) is 2.23. The predicted molar refractivity (Wildman–Crippen MR) is 58.7 cm³/mol. The average molecular weight is 210 g/mol. The van der Waals surface area contributed by atoms with Gasteiger partial charge in [0.15, 0.2) is 0 Å². The first-order valence-electron chi connectivity index (χ1n) is 5.18. The Labute approximate surface area is 90.3 Å². The topological polar surface area (TPSA) is 49.7 Å². The minimum Gasteiger partial charge on any atom is -0.393 e. The Bertz CT molecular complexity index is 297. The largest absolute Gasteiger partial charge is 0.393 e. The van der Waals surface area contributed by atoms with Gasteiger partial charge in [-0.2, -0.15) is 0 Å². The van der Waals surface area contributed by atoms with Crippen molar-refractivity contribution in [3.63, 3.8) is 0 Å². The van der Waals surface area contributed by atoms with E-state index in [1.807, 2.05) is 24.3 Å². The highest BCUT2D eigenvalue weighted by molar-refractivity contribution is 5.24. The number of hydrogen-bond donors (Lipinski definition) is 2. The Hall–Kier alpha value is -0.900. The van der Waals surface area contributed by atoms with Crippen LogP contribution in [0.4, 0.5) is 0 Å². The molecule has 1 aromatic carbocycles. The van der Waals surface area contributed by atoms with E-state index in [2.05, 4.69) is 4.89 Å². The lowest BCUT2D eigenvalue weighted by molar-refractivity contribution is -0.273. The van der Waals surface area contributed by atoms with Gasteiger partial charge in [0.1, 0.15) is 0 Å². The maximum Gasteiger partial charge on any atom is 0.0939 e. The third-order valence-corrected chi connectivity index (χ3v) is 2.23. The van der Waals surface area contributed by atoms with Crippen molar-refractivity contribution in [3.05, 3.63) is 35.4 Å². The van der Waals surface area contributed by atoms with Crippen LogP contribution in [-0.4, -0.2) is 22.6 Å². The molecule has 3 nitrogen and oxygen atoms in total. The molecular formula is C12H18O3. The van der Waals surface area contributed by atoms with E-state index in [-0.39, 0.29) is 12.2 Å². The van der Waals surface area contributed by atoms with Gasteiger partial charge in [0.05, 0.1) is 12.2 Å². The Morgan fingerprint density at radius 1 is 1.20 bits per heavy atom. The molecule has 0 saturated carbocycles. The standard InChI is InChI=1S/C12H18O3/c1-9(13)6-11-4-3-5-12(8-11)7-10(2)15-14/h3-5,8-10,13-14H,6-7H2,1-2H3. The first-order chi connectivity index (χ1) is 7.11. The van der Waals surface area contributed by atoms with E-state index in [1.54, 1.807) is 13.8 Å². The van der Waals surface area contributed by atoms with Crippen LogP contribution in [0.25, 0.3) is 0 Å². The van der Waals surface area contributed by atoms with Crippen LogP contribution in [0.15, 0.2) is 24.3 Å². The molecule has 0 aliphatic carbocycles. The molecule has 0 fully saturated rings. The molecule has 0 aliphatic heterocycles. The second-order valence-corrected chi connectivity index (χ2v) is 3.99. The third kappa shape index (κ3) is 4.42. The van der Waals surface area contributed by atoms with Gasteiger partial charge < -0.3 is 5.11 Å². The lowest BCUT2D eigenvalue weighted by Gasteiger charge is -2.09. The van der Waals surface area contributed by atoms with Crippen molar-refractivity contribution in [2.75, 3.05) is 0 Å². The van der Waals surface area contributed by atoms with Crippen LogP contribution in [0.3, 0.4) is 0 Å². The van der Waals surface area contributed by atoms with Crippen LogP contribution in [0.1, 0.15) is 25.0 Å². The summed E-state index contributed by atoms with van der Waals surface area (Å²) in [5, 5.41) is 17.7. The monoisotopic (exact) mass is 210 g/mol. The molecule has 84 valence electrons. The van der Waals surface area contributed by atoms with E-state index < -0.39 is 0 Å². The number of hydrogen-bond acceptors (Lipinski definition) is 3. The predicted octanol–water partition coefficient (Wildman–Crippen LogP) is 2.03. The fourth-order valence-corrected chi connectivity index (χ4v) is 1.59. The van der Waals surface area contributed by atoms with Gasteiger partial charge in [-0.1, -0.05) is 24.3 Å². The van der Waals surface area contributed by atoms with Crippen LogP contribution in [0.2, 0.25) is 0 Å². The van der Waals surface area contributed by atoms with Gasteiger partial charge in [-0.05, 0) is 31.4 Å². The van der Waals surface area contributed by atoms with Crippen LogP contribution in [0, 0.1) is 0 Å². The normalized spacial score (nSPS) is 14.9. The molecule has 1 aromatic rings. The van der Waals surface area contributed by atoms with Crippen molar-refractivity contribution in [2.45, 2.75) is 38.9 Å². The summed E-state index contributed by atoms with van der Waals surface area (Å²) < 4.78 is 0. The van der Waals surface area contributed by atoms with Gasteiger partial charge in [0.25, 0.3) is 0 Å². The Morgan fingerprint density at radius 2 is 1.80 bits per heavy atom. The highest BCUT2D eigenvalue weighted by Gasteiger charge is 2.05. The molecule has 0 aromatic heterocycles. The summed E-state index contributed by atoms with van der Waals surface area (Å²) >= 11 is 0. The molecule has 2 atom stereocenters. The summed E-state index contributed by atoms with van der Waals surface area (Å²) in [7, 11) is 0. The second kappa shape index (κ2) is 5.85. The quantitative estimate of drug-likeness (QED) is 0.577. The lowest BCUT2D eigenvalue weighted by atomic mass is 10.0. The Kier molecular flexibility index (Phi) is 4.75. The molecule has 2 N–H and O–H groups in total. The Morgan fingerprint density at radius 3 is 2.33 bits per heavy atom. The van der Waals surface area contributed by atoms with Gasteiger partial charge in [0.2, 0.25) is 0 Å². The molecule has 2 unspecified atom stereocenters. The Balaban J connectivity index is 2.65. The number of aliphatic hydroxyl groups is 1. The van der Waals surface area contributed by atoms with Gasteiger partial charge in [-0.15, -0.1) is 0 Å². The van der Waals surface area contributed by atoms with Gasteiger partial charge >= 0.3 is 0 Å². The van der Waals surface area contributed by atoms with E-state index in [4.69, 9.17) is 5.26 Å². The summed E-state index contributed by atoms with van der Waals surface area (Å²) in [6, 6.07) is 7.96. The van der Waals surface area contributed by atoms with Crippen LogP contribution in [0.5, 0.6) is 0 Å². The molecule has 15 heavy (non-hydrogen) atoms. The lowest BCUT2D eigenvalue weighted by Crippen LogP contribution is -2.10. The molecule has 0 amide bonds. The van der Waals surface area contributed by atoms with E-state index in [1.165, 1.54) is 0 Å². The summed E-state index contributed by atoms with van der Waals surface area (Å²) in [4.78, 5) is 4.23. The van der Waals surface area contributed by atoms with Gasteiger partial charge in [-0.25, -0.2) is 4.89 Å². The zero-order chi connectivity index (χ0) is 11.3. The minimum atomic E-state index is -0.327. The van der Waals surface area contributed by atoms with E-state index in [9.17, 15) is 5.11 Å². The van der Waals surface area contributed by atoms with Crippen molar-refractivity contribution in [1.82, 2.24) is 0 Å². The molecule has 0 heterocycles. The molecule has 3 heteroatoms. The maximum absolute atomic E-state index is 9.26. The molecule has 1 rings (SSSR count). The summed E-state index contributed by atoms with van der Waals surface area (Å²) in [6.07, 6.45) is 0.797. The van der Waals surface area contributed by atoms with Crippen LogP contribution in [-0.2, 0) is 17.7 Å². The highest BCUT2D eigenvalue weighted by Crippen LogP contribution is 2.10. The smallest absolute Gasteiger partial charge is 0.0939 e. The highest BCUT2D eigenvalue weighted by atomic mass is 17.1. The fraction of sp³-hybridized carbons (Fsp3) is 0.500. The van der Waals surface area contributed by atoms with Crippen LogP contribution < -0.4 is 0 Å². The molecule has 0 aliphatic rings. The molecule has 0 spiro atoms. The van der Waals surface area contributed by atoms with E-state index in [0.717, 1.165) is 11.1 Å². The zero-order valence-corrected chi connectivity index (χ0v) is 9.18. The van der Waals surface area contributed by atoms with Gasteiger partial charge in [0, 0.05) is 6.42 Å².